The lowest BCUT2D eigenvalue weighted by Gasteiger charge is -2.33. The van der Waals surface area contributed by atoms with Crippen molar-refractivity contribution in [3.63, 3.8) is 0 Å². The summed E-state index contributed by atoms with van der Waals surface area (Å²) in [5.74, 6) is 1.56. The fourth-order valence-corrected chi connectivity index (χ4v) is 6.34. The number of thioether (sulfide) groups is 1. The maximum absolute atomic E-state index is 13.8. The first-order valence-corrected chi connectivity index (χ1v) is 15.5. The summed E-state index contributed by atoms with van der Waals surface area (Å²) >= 11 is 5.32. The van der Waals surface area contributed by atoms with Crippen LogP contribution in [-0.2, 0) is 28.3 Å². The van der Waals surface area contributed by atoms with Gasteiger partial charge >= 0.3 is 0 Å². The molecule has 0 radical (unpaired) electrons. The van der Waals surface area contributed by atoms with Crippen LogP contribution in [0.15, 0.2) is 89.4 Å². The molecule has 4 rings (SSSR count). The fourth-order valence-electron chi connectivity index (χ4n) is 5.00. The Bertz CT molecular complexity index is 1150. The Morgan fingerprint density at radius 3 is 2.21 bits per heavy atom. The van der Waals surface area contributed by atoms with E-state index in [9.17, 15) is 9.59 Å². The molecule has 3 aromatic carbocycles. The highest BCUT2D eigenvalue weighted by atomic mass is 79.9. The van der Waals surface area contributed by atoms with E-state index in [0.29, 0.717) is 25.1 Å². The standard InChI is InChI=1S/C32H37BrN2O2S/c33-28-16-10-15-27(21-28)23-35(31(36)19-20-38-24-26-13-6-2-7-14-26)30(22-25-11-4-1-5-12-25)32(37)34-29-17-8-3-9-18-29/h1-2,4-7,10-16,21,29-30H,3,8-9,17-20,22-24H2,(H,34,37). The number of carbonyl (C=O) groups is 2. The van der Waals surface area contributed by atoms with Crippen LogP contribution in [0.2, 0.25) is 0 Å². The maximum atomic E-state index is 13.8. The van der Waals surface area contributed by atoms with Crippen LogP contribution in [-0.4, -0.2) is 34.6 Å². The lowest BCUT2D eigenvalue weighted by Crippen LogP contribution is -2.52. The molecule has 38 heavy (non-hydrogen) atoms. The minimum atomic E-state index is -0.565. The number of benzene rings is 3. The number of halogens is 1. The maximum Gasteiger partial charge on any atom is 0.243 e. The summed E-state index contributed by atoms with van der Waals surface area (Å²) in [5, 5.41) is 3.31. The predicted octanol–water partition coefficient (Wildman–Crippen LogP) is 7.16. The van der Waals surface area contributed by atoms with Crippen molar-refractivity contribution in [2.24, 2.45) is 0 Å². The summed E-state index contributed by atoms with van der Waals surface area (Å²) in [7, 11) is 0. The highest BCUT2D eigenvalue weighted by molar-refractivity contribution is 9.10. The molecule has 3 aromatic rings. The molecule has 1 aliphatic rings. The molecule has 0 heterocycles. The second-order valence-electron chi connectivity index (χ2n) is 9.99. The van der Waals surface area contributed by atoms with Gasteiger partial charge in [-0.1, -0.05) is 108 Å². The third-order valence-electron chi connectivity index (χ3n) is 7.04. The van der Waals surface area contributed by atoms with Gasteiger partial charge in [0.1, 0.15) is 6.04 Å². The van der Waals surface area contributed by atoms with Crippen LogP contribution in [0.25, 0.3) is 0 Å². The van der Waals surface area contributed by atoms with E-state index in [4.69, 9.17) is 0 Å². The van der Waals surface area contributed by atoms with Crippen LogP contribution >= 0.6 is 27.7 Å². The minimum absolute atomic E-state index is 0.0188. The lowest BCUT2D eigenvalue weighted by atomic mass is 9.94. The van der Waals surface area contributed by atoms with Crippen molar-refractivity contribution in [3.8, 4) is 0 Å². The first kappa shape index (κ1) is 28.4. The molecule has 0 saturated heterocycles. The normalized spacial score (nSPS) is 14.6. The van der Waals surface area contributed by atoms with Crippen molar-refractivity contribution in [1.82, 2.24) is 10.2 Å². The number of carbonyl (C=O) groups excluding carboxylic acids is 2. The van der Waals surface area contributed by atoms with Crippen molar-refractivity contribution in [1.29, 1.82) is 0 Å². The second-order valence-corrected chi connectivity index (χ2v) is 12.0. The molecule has 4 nitrogen and oxygen atoms in total. The Morgan fingerprint density at radius 2 is 1.53 bits per heavy atom. The van der Waals surface area contributed by atoms with Crippen LogP contribution in [0.1, 0.15) is 55.2 Å². The fraction of sp³-hybridized carbons (Fsp3) is 0.375. The largest absolute Gasteiger partial charge is 0.352 e. The molecule has 2 amide bonds. The van der Waals surface area contributed by atoms with Gasteiger partial charge in [-0.3, -0.25) is 9.59 Å². The zero-order chi connectivity index (χ0) is 26.6. The van der Waals surface area contributed by atoms with Crippen LogP contribution in [0, 0.1) is 0 Å². The number of amides is 2. The SMILES string of the molecule is O=C(NC1CCCCC1)C(Cc1ccccc1)N(Cc1cccc(Br)c1)C(=O)CCSCc1ccccc1. The molecule has 6 heteroatoms. The van der Waals surface area contributed by atoms with Crippen molar-refractivity contribution >= 4 is 39.5 Å². The molecule has 1 unspecified atom stereocenters. The third kappa shape index (κ3) is 9.02. The monoisotopic (exact) mass is 592 g/mol. The van der Waals surface area contributed by atoms with Gasteiger partial charge in [-0.05, 0) is 41.7 Å². The van der Waals surface area contributed by atoms with E-state index in [2.05, 4.69) is 33.4 Å². The van der Waals surface area contributed by atoms with Crippen LogP contribution in [0.4, 0.5) is 0 Å². The summed E-state index contributed by atoms with van der Waals surface area (Å²) in [6, 6.07) is 28.0. The van der Waals surface area contributed by atoms with Gasteiger partial charge in [0.2, 0.25) is 11.8 Å². The van der Waals surface area contributed by atoms with Gasteiger partial charge in [0.25, 0.3) is 0 Å². The Balaban J connectivity index is 1.52. The van der Waals surface area contributed by atoms with E-state index >= 15 is 0 Å². The van der Waals surface area contributed by atoms with Gasteiger partial charge in [-0.25, -0.2) is 0 Å². The highest BCUT2D eigenvalue weighted by Gasteiger charge is 2.31. The van der Waals surface area contributed by atoms with Crippen LogP contribution in [0.5, 0.6) is 0 Å². The molecule has 200 valence electrons. The Labute approximate surface area is 239 Å². The van der Waals surface area contributed by atoms with E-state index in [-0.39, 0.29) is 17.9 Å². The summed E-state index contributed by atoms with van der Waals surface area (Å²) in [6.07, 6.45) is 6.44. The Hall–Kier alpha value is -2.57. The average molecular weight is 594 g/mol. The number of hydrogen-bond acceptors (Lipinski definition) is 3. The van der Waals surface area contributed by atoms with Gasteiger partial charge < -0.3 is 10.2 Å². The lowest BCUT2D eigenvalue weighted by molar-refractivity contribution is -0.141. The molecule has 0 aromatic heterocycles. The number of nitrogens with one attached hydrogen (secondary N) is 1. The van der Waals surface area contributed by atoms with E-state index in [1.54, 1.807) is 11.8 Å². The highest BCUT2D eigenvalue weighted by Crippen LogP contribution is 2.22. The summed E-state index contributed by atoms with van der Waals surface area (Å²) < 4.78 is 0.965. The molecule has 1 atom stereocenters. The van der Waals surface area contributed by atoms with Gasteiger partial charge in [0.15, 0.2) is 0 Å². The van der Waals surface area contributed by atoms with Crippen molar-refractivity contribution < 1.29 is 9.59 Å². The Kier molecular flexibility index (Phi) is 11.3. The molecule has 0 bridgehead atoms. The van der Waals surface area contributed by atoms with Gasteiger partial charge in [0, 0.05) is 41.4 Å². The molecule has 1 N–H and O–H groups in total. The number of nitrogens with zero attached hydrogens (tertiary/aromatic N) is 1. The summed E-state index contributed by atoms with van der Waals surface area (Å²) in [4.78, 5) is 29.4. The van der Waals surface area contributed by atoms with E-state index < -0.39 is 6.04 Å². The van der Waals surface area contributed by atoms with Crippen molar-refractivity contribution in [2.45, 2.75) is 69.3 Å². The molecule has 1 aliphatic carbocycles. The number of rotatable bonds is 12. The van der Waals surface area contributed by atoms with Crippen LogP contribution < -0.4 is 5.32 Å². The first-order chi connectivity index (χ1) is 18.6. The minimum Gasteiger partial charge on any atom is -0.352 e. The zero-order valence-electron chi connectivity index (χ0n) is 21.9. The van der Waals surface area contributed by atoms with Crippen LogP contribution in [0.3, 0.4) is 0 Å². The topological polar surface area (TPSA) is 49.4 Å². The zero-order valence-corrected chi connectivity index (χ0v) is 24.3. The third-order valence-corrected chi connectivity index (χ3v) is 8.56. The van der Waals surface area contributed by atoms with Gasteiger partial charge in [-0.15, -0.1) is 0 Å². The number of hydrogen-bond donors (Lipinski definition) is 1. The molecule has 1 saturated carbocycles. The van der Waals surface area contributed by atoms with E-state index in [1.807, 2.05) is 77.7 Å². The van der Waals surface area contributed by atoms with Crippen molar-refractivity contribution in [2.75, 3.05) is 5.75 Å². The van der Waals surface area contributed by atoms with Gasteiger partial charge in [0.05, 0.1) is 0 Å². The van der Waals surface area contributed by atoms with Crippen molar-refractivity contribution in [3.05, 3.63) is 106 Å². The average Bonchev–Trinajstić information content (AvgIpc) is 2.94. The smallest absolute Gasteiger partial charge is 0.243 e. The summed E-state index contributed by atoms with van der Waals surface area (Å²) in [5.41, 5.74) is 3.32. The molecule has 0 aliphatic heterocycles. The quantitative estimate of drug-likeness (QED) is 0.227. The first-order valence-electron chi connectivity index (χ1n) is 13.6. The molecule has 0 spiro atoms. The molecular formula is C32H37BrN2O2S. The van der Waals surface area contributed by atoms with Gasteiger partial charge in [-0.2, -0.15) is 11.8 Å². The van der Waals surface area contributed by atoms with E-state index in [0.717, 1.165) is 47.0 Å². The molecule has 1 fully saturated rings. The second kappa shape index (κ2) is 15.1. The summed E-state index contributed by atoms with van der Waals surface area (Å²) in [6.45, 7) is 0.400. The Morgan fingerprint density at radius 1 is 0.868 bits per heavy atom. The molecular weight excluding hydrogens is 556 g/mol. The van der Waals surface area contributed by atoms with E-state index in [1.165, 1.54) is 12.0 Å². The predicted molar refractivity (Wildman–Crippen MR) is 161 cm³/mol.